The second-order valence-corrected chi connectivity index (χ2v) is 5.88. The van der Waals surface area contributed by atoms with E-state index >= 15 is 0 Å². The van der Waals surface area contributed by atoms with Gasteiger partial charge in [0.1, 0.15) is 24.3 Å². The summed E-state index contributed by atoms with van der Waals surface area (Å²) in [5.41, 5.74) is 1.15. The third-order valence-electron chi connectivity index (χ3n) is 3.85. The van der Waals surface area contributed by atoms with Crippen LogP contribution in [0.2, 0.25) is 0 Å². The van der Waals surface area contributed by atoms with Gasteiger partial charge in [0.25, 0.3) is 0 Å². The van der Waals surface area contributed by atoms with Crippen LogP contribution in [0, 0.1) is 5.21 Å². The number of esters is 1. The van der Waals surface area contributed by atoms with Crippen molar-refractivity contribution in [3.63, 3.8) is 0 Å². The van der Waals surface area contributed by atoms with Crippen LogP contribution in [-0.4, -0.2) is 36.0 Å². The number of rotatable bonds is 9. The molecule has 0 saturated carbocycles. The average Bonchev–Trinajstić information content (AvgIpc) is 2.57. The van der Waals surface area contributed by atoms with Gasteiger partial charge in [0, 0.05) is 38.5 Å². The number of ketones is 3. The maximum Gasteiger partial charge on any atom is 0.306 e. The fraction of sp³-hybridized carbons (Fsp3) is 0.750. The summed E-state index contributed by atoms with van der Waals surface area (Å²) in [5.74, 6) is -0.610. The molecule has 0 radical (unpaired) electrons. The molecular weight excluding hydrogens is 318 g/mol. The number of hydrogen-bond donors (Lipinski definition) is 1. The summed E-state index contributed by atoms with van der Waals surface area (Å²) in [5, 5.41) is 9.84. The van der Waals surface area contributed by atoms with Crippen molar-refractivity contribution in [2.45, 2.75) is 70.3 Å². The zero-order valence-corrected chi connectivity index (χ0v) is 13.7. The van der Waals surface area contributed by atoms with Crippen LogP contribution in [0.1, 0.15) is 64.2 Å². The van der Waals surface area contributed by atoms with Crippen molar-refractivity contribution in [2.75, 3.05) is 6.61 Å². The molecule has 1 N–H and O–H groups in total. The van der Waals surface area contributed by atoms with Gasteiger partial charge in [-0.1, -0.05) is 0 Å². The zero-order chi connectivity index (χ0) is 17.8. The molecular formula is C16H24NO7-. The number of hydrogen-bond acceptors (Lipinski definition) is 8. The fourth-order valence-corrected chi connectivity index (χ4v) is 2.45. The van der Waals surface area contributed by atoms with Crippen LogP contribution in [0.3, 0.4) is 0 Å². The van der Waals surface area contributed by atoms with E-state index < -0.39 is 6.10 Å². The van der Waals surface area contributed by atoms with Crippen molar-refractivity contribution in [1.29, 1.82) is 0 Å². The normalized spacial score (nSPS) is 19.6. The Bertz CT molecular complexity index is 450. The van der Waals surface area contributed by atoms with E-state index in [9.17, 15) is 24.4 Å². The Morgan fingerprint density at radius 1 is 1.08 bits per heavy atom. The molecule has 1 fully saturated rings. The molecule has 0 aromatic rings. The maximum atomic E-state index is 11.8. The number of carbonyl (C=O) groups is 4. The first-order valence-electron chi connectivity index (χ1n) is 8.24. The minimum atomic E-state index is -0.438. The van der Waals surface area contributed by atoms with Gasteiger partial charge >= 0.3 is 5.97 Å². The van der Waals surface area contributed by atoms with Gasteiger partial charge < -0.3 is 14.8 Å². The molecule has 1 aliphatic heterocycles. The molecule has 0 aliphatic carbocycles. The third kappa shape index (κ3) is 9.49. The monoisotopic (exact) mass is 342 g/mol. The van der Waals surface area contributed by atoms with Gasteiger partial charge in [-0.25, -0.2) is 0 Å². The van der Waals surface area contributed by atoms with Crippen molar-refractivity contribution in [3.05, 3.63) is 5.21 Å². The molecule has 8 nitrogen and oxygen atoms in total. The quantitative estimate of drug-likeness (QED) is 0.494. The number of nitrogens with one attached hydrogen (secondary N) is 1. The highest BCUT2D eigenvalue weighted by atomic mass is 16.8. The number of Topliss-reactive ketones (excluding diaryl/α,β-unsaturated/α-hetero) is 3. The standard InChI is InChI=1S/C16H24NO7/c18-12-3-1-2-4-16(21)24-15(9-7-12)10-8-13(19)5-6-14(20)11-23-17-22/h15,17H,1-11H2/q-1. The Labute approximate surface area is 140 Å². The minimum Gasteiger partial charge on any atom is -0.765 e. The largest absolute Gasteiger partial charge is 0.765 e. The van der Waals surface area contributed by atoms with Crippen LogP contribution in [0.5, 0.6) is 0 Å². The van der Waals surface area contributed by atoms with Crippen LogP contribution in [0.15, 0.2) is 0 Å². The molecule has 1 aliphatic rings. The van der Waals surface area contributed by atoms with E-state index in [1.54, 1.807) is 0 Å². The molecule has 0 amide bonds. The van der Waals surface area contributed by atoms with Gasteiger partial charge in [-0.15, -0.1) is 0 Å². The molecule has 1 rings (SSSR count). The second-order valence-electron chi connectivity index (χ2n) is 5.88. The van der Waals surface area contributed by atoms with Crippen LogP contribution >= 0.6 is 0 Å². The van der Waals surface area contributed by atoms with Crippen LogP contribution in [-0.2, 0) is 28.8 Å². The van der Waals surface area contributed by atoms with Gasteiger partial charge in [-0.2, -0.15) is 0 Å². The summed E-state index contributed by atoms with van der Waals surface area (Å²) >= 11 is 0. The van der Waals surface area contributed by atoms with E-state index in [4.69, 9.17) is 4.74 Å². The number of ether oxygens (including phenoxy) is 1. The van der Waals surface area contributed by atoms with Gasteiger partial charge in [0.15, 0.2) is 5.78 Å². The maximum absolute atomic E-state index is 11.8. The first-order valence-corrected chi connectivity index (χ1v) is 8.24. The van der Waals surface area contributed by atoms with Gasteiger partial charge in [-0.3, -0.25) is 24.8 Å². The highest BCUT2D eigenvalue weighted by Crippen LogP contribution is 2.17. The fourth-order valence-electron chi connectivity index (χ4n) is 2.45. The lowest BCUT2D eigenvalue weighted by molar-refractivity contribution is -0.151. The molecule has 24 heavy (non-hydrogen) atoms. The van der Waals surface area contributed by atoms with E-state index in [2.05, 4.69) is 4.84 Å². The summed E-state index contributed by atoms with van der Waals surface area (Å²) in [6.07, 6.45) is 3.06. The van der Waals surface area contributed by atoms with Crippen LogP contribution in [0.4, 0.5) is 0 Å². The molecule has 0 bridgehead atoms. The Balaban J connectivity index is 2.33. The van der Waals surface area contributed by atoms with E-state index in [1.165, 1.54) is 0 Å². The van der Waals surface area contributed by atoms with Crippen molar-refractivity contribution in [3.8, 4) is 0 Å². The molecule has 1 saturated heterocycles. The third-order valence-corrected chi connectivity index (χ3v) is 3.85. The van der Waals surface area contributed by atoms with Crippen molar-refractivity contribution >= 4 is 23.3 Å². The molecule has 0 aromatic heterocycles. The second kappa shape index (κ2) is 11.8. The van der Waals surface area contributed by atoms with E-state index in [1.807, 2.05) is 0 Å². The van der Waals surface area contributed by atoms with Crippen molar-refractivity contribution in [1.82, 2.24) is 5.64 Å². The summed E-state index contributed by atoms with van der Waals surface area (Å²) in [7, 11) is 0. The van der Waals surface area contributed by atoms with Gasteiger partial charge in [0.05, 0.1) is 0 Å². The molecule has 0 aromatic carbocycles. The van der Waals surface area contributed by atoms with Gasteiger partial charge in [0.2, 0.25) is 0 Å². The summed E-state index contributed by atoms with van der Waals surface area (Å²) in [6.45, 7) is -0.376. The van der Waals surface area contributed by atoms with Gasteiger partial charge in [-0.05, 0) is 25.7 Å². The number of cyclic esters (lactones) is 1. The van der Waals surface area contributed by atoms with E-state index in [0.29, 0.717) is 44.9 Å². The lowest BCUT2D eigenvalue weighted by Crippen LogP contribution is -2.22. The average molecular weight is 342 g/mol. The van der Waals surface area contributed by atoms with Crippen molar-refractivity contribution in [2.24, 2.45) is 0 Å². The smallest absolute Gasteiger partial charge is 0.306 e. The number of carbonyl (C=O) groups excluding carboxylic acids is 4. The molecule has 136 valence electrons. The topological polar surface area (TPSA) is 122 Å². The SMILES string of the molecule is O=C1CCCCC(=O)OC(CCC(=O)CCC(=O)CON[O-])CC1. The first-order chi connectivity index (χ1) is 11.5. The molecule has 0 spiro atoms. The predicted octanol–water partition coefficient (Wildman–Crippen LogP) is 1.54. The minimum absolute atomic E-state index is 0.00343. The van der Waals surface area contributed by atoms with Crippen LogP contribution < -0.4 is 5.64 Å². The molecule has 8 heteroatoms. The lowest BCUT2D eigenvalue weighted by Gasteiger charge is -2.18. The van der Waals surface area contributed by atoms with Crippen LogP contribution in [0.25, 0.3) is 0 Å². The Hall–Kier alpha value is -1.64. The first kappa shape index (κ1) is 20.4. The highest BCUT2D eigenvalue weighted by Gasteiger charge is 2.19. The highest BCUT2D eigenvalue weighted by molar-refractivity contribution is 5.86. The lowest BCUT2D eigenvalue weighted by atomic mass is 10.00. The summed E-state index contributed by atoms with van der Waals surface area (Å²) < 4.78 is 5.33. The van der Waals surface area contributed by atoms with E-state index in [0.717, 1.165) is 5.64 Å². The Kier molecular flexibility index (Phi) is 10.1. The van der Waals surface area contributed by atoms with Crippen molar-refractivity contribution < 1.29 is 28.8 Å². The molecule has 1 atom stereocenters. The predicted molar refractivity (Wildman–Crippen MR) is 83.5 cm³/mol. The molecule has 1 unspecified atom stereocenters. The Morgan fingerprint density at radius 3 is 2.54 bits per heavy atom. The summed E-state index contributed by atoms with van der Waals surface area (Å²) in [6, 6.07) is 0. The van der Waals surface area contributed by atoms with E-state index in [-0.39, 0.29) is 49.2 Å². The molecule has 1 heterocycles. The zero-order valence-electron chi connectivity index (χ0n) is 13.7. The summed E-state index contributed by atoms with van der Waals surface area (Å²) in [4.78, 5) is 50.6. The Morgan fingerprint density at radius 2 is 1.79 bits per heavy atom.